The zero-order chi connectivity index (χ0) is 21.4. The molecule has 1 aliphatic heterocycles. The number of anilines is 1. The molecule has 4 rings (SSSR count). The van der Waals surface area contributed by atoms with Gasteiger partial charge in [-0.1, -0.05) is 23.7 Å². The number of hydrogen-bond donors (Lipinski definition) is 1. The summed E-state index contributed by atoms with van der Waals surface area (Å²) < 4.78 is 19.3. The number of carbonyl (C=O) groups is 1. The highest BCUT2D eigenvalue weighted by Crippen LogP contribution is 2.31. The Kier molecular flexibility index (Phi) is 5.39. The first-order chi connectivity index (χ1) is 14.3. The molecule has 30 heavy (non-hydrogen) atoms. The summed E-state index contributed by atoms with van der Waals surface area (Å²) in [5, 5.41) is 10.4. The Morgan fingerprint density at radius 1 is 1.20 bits per heavy atom. The standard InChI is InChI=1S/C22H20ClFN2O4/c1-13-14-10-16(23)19(27)12-20(14)30-22(29)15(13)11-21(28)26-8-6-25(7-9-26)18-5-3-2-4-17(18)24/h2-5,10,12,27H,6-9,11H2,1H3. The Morgan fingerprint density at radius 3 is 2.60 bits per heavy atom. The van der Waals surface area contributed by atoms with Crippen molar-refractivity contribution in [3.8, 4) is 5.75 Å². The van der Waals surface area contributed by atoms with E-state index < -0.39 is 5.63 Å². The second kappa shape index (κ2) is 7.99. The molecule has 6 nitrogen and oxygen atoms in total. The Labute approximate surface area is 177 Å². The lowest BCUT2D eigenvalue weighted by Crippen LogP contribution is -2.49. The first-order valence-electron chi connectivity index (χ1n) is 9.57. The Morgan fingerprint density at radius 2 is 1.90 bits per heavy atom. The van der Waals surface area contributed by atoms with Crippen LogP contribution in [0.5, 0.6) is 5.75 Å². The van der Waals surface area contributed by atoms with Gasteiger partial charge in [-0.05, 0) is 30.7 Å². The van der Waals surface area contributed by atoms with Crippen LogP contribution in [0.15, 0.2) is 45.6 Å². The smallest absolute Gasteiger partial charge is 0.340 e. The Balaban J connectivity index is 1.51. The van der Waals surface area contributed by atoms with E-state index in [1.807, 2.05) is 4.90 Å². The summed E-state index contributed by atoms with van der Waals surface area (Å²) >= 11 is 5.98. The van der Waals surface area contributed by atoms with Crippen molar-refractivity contribution in [3.63, 3.8) is 0 Å². The molecule has 156 valence electrons. The highest BCUT2D eigenvalue weighted by molar-refractivity contribution is 6.32. The van der Waals surface area contributed by atoms with E-state index in [0.717, 1.165) is 0 Å². The van der Waals surface area contributed by atoms with E-state index in [4.69, 9.17) is 16.0 Å². The molecule has 1 saturated heterocycles. The average molecular weight is 431 g/mol. The van der Waals surface area contributed by atoms with Gasteiger partial charge in [-0.3, -0.25) is 4.79 Å². The SMILES string of the molecule is Cc1c(CC(=O)N2CCN(c3ccccc3F)CC2)c(=O)oc2cc(O)c(Cl)cc12. The molecule has 0 radical (unpaired) electrons. The lowest BCUT2D eigenvalue weighted by Gasteiger charge is -2.36. The maximum atomic E-state index is 14.0. The summed E-state index contributed by atoms with van der Waals surface area (Å²) in [6.07, 6.45) is -0.0949. The van der Waals surface area contributed by atoms with E-state index >= 15 is 0 Å². The van der Waals surface area contributed by atoms with Gasteiger partial charge in [0.05, 0.1) is 22.7 Å². The van der Waals surface area contributed by atoms with Crippen molar-refractivity contribution in [2.75, 3.05) is 31.1 Å². The van der Waals surface area contributed by atoms with Crippen molar-refractivity contribution in [2.24, 2.45) is 0 Å². The molecule has 2 aromatic carbocycles. The Hall–Kier alpha value is -3.06. The van der Waals surface area contributed by atoms with E-state index in [1.54, 1.807) is 30.0 Å². The van der Waals surface area contributed by atoms with Crippen molar-refractivity contribution in [1.82, 2.24) is 4.90 Å². The zero-order valence-corrected chi connectivity index (χ0v) is 17.1. The molecule has 1 fully saturated rings. The van der Waals surface area contributed by atoms with Crippen LogP contribution < -0.4 is 10.5 Å². The van der Waals surface area contributed by atoms with Crippen LogP contribution in [0.25, 0.3) is 11.0 Å². The molecule has 8 heteroatoms. The lowest BCUT2D eigenvalue weighted by molar-refractivity contribution is -0.130. The van der Waals surface area contributed by atoms with Gasteiger partial charge in [-0.25, -0.2) is 9.18 Å². The zero-order valence-electron chi connectivity index (χ0n) is 16.3. The molecule has 0 spiro atoms. The monoisotopic (exact) mass is 430 g/mol. The minimum atomic E-state index is -0.611. The van der Waals surface area contributed by atoms with Crippen molar-refractivity contribution in [2.45, 2.75) is 13.3 Å². The van der Waals surface area contributed by atoms with Crippen LogP contribution in [0.4, 0.5) is 10.1 Å². The first-order valence-corrected chi connectivity index (χ1v) is 9.95. The van der Waals surface area contributed by atoms with Crippen LogP contribution in [0.3, 0.4) is 0 Å². The summed E-state index contributed by atoms with van der Waals surface area (Å²) in [6.45, 7) is 3.61. The summed E-state index contributed by atoms with van der Waals surface area (Å²) in [5.41, 5.74) is 0.997. The molecule has 0 bridgehead atoms. The molecular formula is C22H20ClFN2O4. The van der Waals surface area contributed by atoms with Gasteiger partial charge < -0.3 is 19.3 Å². The lowest BCUT2D eigenvalue weighted by atomic mass is 10.0. The fourth-order valence-corrected chi connectivity index (χ4v) is 3.93. The minimum absolute atomic E-state index is 0.0949. The van der Waals surface area contributed by atoms with Crippen LogP contribution in [-0.2, 0) is 11.2 Å². The van der Waals surface area contributed by atoms with Crippen LogP contribution >= 0.6 is 11.6 Å². The van der Waals surface area contributed by atoms with Crippen LogP contribution in [0, 0.1) is 12.7 Å². The molecule has 0 saturated carbocycles. The number of para-hydroxylation sites is 1. The predicted octanol–water partition coefficient (Wildman–Crippen LogP) is 3.49. The summed E-state index contributed by atoms with van der Waals surface area (Å²) in [4.78, 5) is 28.8. The number of carbonyl (C=O) groups excluding carboxylic acids is 1. The molecule has 0 atom stereocenters. The average Bonchev–Trinajstić information content (AvgIpc) is 2.73. The third kappa shape index (κ3) is 3.73. The fraction of sp³-hybridized carbons (Fsp3) is 0.273. The third-order valence-corrected chi connectivity index (χ3v) is 5.81. The van der Waals surface area contributed by atoms with E-state index in [0.29, 0.717) is 42.8 Å². The maximum absolute atomic E-state index is 14.0. The molecule has 1 amide bonds. The third-order valence-electron chi connectivity index (χ3n) is 5.51. The van der Waals surface area contributed by atoms with E-state index in [1.165, 1.54) is 18.2 Å². The van der Waals surface area contributed by atoms with Crippen molar-refractivity contribution in [1.29, 1.82) is 0 Å². The van der Waals surface area contributed by atoms with Gasteiger partial charge in [0.15, 0.2) is 0 Å². The number of phenols is 1. The number of benzene rings is 2. The summed E-state index contributed by atoms with van der Waals surface area (Å²) in [5.74, 6) is -0.655. The van der Waals surface area contributed by atoms with Crippen molar-refractivity contribution < 1.29 is 18.7 Å². The molecule has 2 heterocycles. The highest BCUT2D eigenvalue weighted by atomic mass is 35.5. The minimum Gasteiger partial charge on any atom is -0.506 e. The number of piperazine rings is 1. The van der Waals surface area contributed by atoms with E-state index in [2.05, 4.69) is 0 Å². The number of aryl methyl sites for hydroxylation is 1. The molecule has 1 N–H and O–H groups in total. The number of hydrogen-bond acceptors (Lipinski definition) is 5. The first kappa shape index (κ1) is 20.2. The van der Waals surface area contributed by atoms with Crippen LogP contribution in [-0.4, -0.2) is 42.1 Å². The molecule has 3 aromatic rings. The van der Waals surface area contributed by atoms with Crippen LogP contribution in [0.1, 0.15) is 11.1 Å². The van der Waals surface area contributed by atoms with Gasteiger partial charge in [-0.2, -0.15) is 0 Å². The number of nitrogens with zero attached hydrogens (tertiary/aromatic N) is 2. The second-order valence-corrected chi connectivity index (χ2v) is 7.70. The largest absolute Gasteiger partial charge is 0.506 e. The van der Waals surface area contributed by atoms with Gasteiger partial charge in [0, 0.05) is 37.6 Å². The molecule has 0 aliphatic carbocycles. The van der Waals surface area contributed by atoms with Crippen molar-refractivity contribution >= 4 is 34.2 Å². The van der Waals surface area contributed by atoms with E-state index in [9.17, 15) is 19.1 Å². The Bertz CT molecular complexity index is 1190. The molecule has 1 aromatic heterocycles. The van der Waals surface area contributed by atoms with Crippen molar-refractivity contribution in [3.05, 3.63) is 68.8 Å². The normalized spacial score (nSPS) is 14.4. The van der Waals surface area contributed by atoms with Gasteiger partial charge in [-0.15, -0.1) is 0 Å². The predicted molar refractivity (Wildman–Crippen MR) is 113 cm³/mol. The number of phenolic OH excluding ortho intramolecular Hbond substituents is 1. The topological polar surface area (TPSA) is 74.0 Å². The number of amides is 1. The second-order valence-electron chi connectivity index (χ2n) is 7.29. The fourth-order valence-electron chi connectivity index (χ4n) is 3.77. The number of aromatic hydroxyl groups is 1. The number of rotatable bonds is 3. The van der Waals surface area contributed by atoms with Gasteiger partial charge >= 0.3 is 5.63 Å². The maximum Gasteiger partial charge on any atom is 0.340 e. The highest BCUT2D eigenvalue weighted by Gasteiger charge is 2.25. The van der Waals surface area contributed by atoms with Gasteiger partial charge in [0.25, 0.3) is 0 Å². The summed E-state index contributed by atoms with van der Waals surface area (Å²) in [7, 11) is 0. The molecule has 0 unspecified atom stereocenters. The molecule has 1 aliphatic rings. The quantitative estimate of drug-likeness (QED) is 0.644. The summed E-state index contributed by atoms with van der Waals surface area (Å²) in [6, 6.07) is 9.37. The number of fused-ring (bicyclic) bond motifs is 1. The van der Waals surface area contributed by atoms with E-state index in [-0.39, 0.29) is 40.1 Å². The van der Waals surface area contributed by atoms with Gasteiger partial charge in [0.1, 0.15) is 17.1 Å². The molecular weight excluding hydrogens is 411 g/mol. The number of halogens is 2. The van der Waals surface area contributed by atoms with Gasteiger partial charge in [0.2, 0.25) is 5.91 Å². The van der Waals surface area contributed by atoms with Crippen LogP contribution in [0.2, 0.25) is 5.02 Å².